The zero-order valence-corrected chi connectivity index (χ0v) is 12.3. The summed E-state index contributed by atoms with van der Waals surface area (Å²) < 4.78 is 5.69. The van der Waals surface area contributed by atoms with Crippen molar-refractivity contribution < 1.29 is 14.0 Å². The average molecular weight is 295 g/mol. The van der Waals surface area contributed by atoms with Crippen molar-refractivity contribution >= 4 is 17.4 Å². The van der Waals surface area contributed by atoms with Crippen LogP contribution in [0.2, 0.25) is 0 Å². The van der Waals surface area contributed by atoms with Crippen molar-refractivity contribution in [2.75, 3.05) is 11.4 Å². The number of benzene rings is 1. The first kappa shape index (κ1) is 13.3. The van der Waals surface area contributed by atoms with Crippen LogP contribution in [0.25, 0.3) is 0 Å². The van der Waals surface area contributed by atoms with E-state index in [9.17, 15) is 9.59 Å². The first-order valence-corrected chi connectivity index (χ1v) is 7.80. The number of aryl methyl sites for hydroxylation is 2. The van der Waals surface area contributed by atoms with Gasteiger partial charge in [0.05, 0.1) is 5.56 Å². The molecule has 1 amide bonds. The minimum Gasteiger partial charge on any atom is -0.455 e. The molecule has 0 unspecified atom stereocenters. The molecule has 0 fully saturated rings. The molecule has 0 saturated carbocycles. The summed E-state index contributed by atoms with van der Waals surface area (Å²) in [4.78, 5) is 26.5. The van der Waals surface area contributed by atoms with Crippen LogP contribution in [-0.2, 0) is 12.8 Å². The van der Waals surface area contributed by atoms with Crippen LogP contribution in [0.5, 0.6) is 0 Å². The SMILES string of the molecule is O=C1CCCc2oc(C(=O)N3CCCc4ccccc43)cc21. The first-order valence-electron chi connectivity index (χ1n) is 7.80. The third-order valence-corrected chi connectivity index (χ3v) is 4.48. The molecule has 0 spiro atoms. The van der Waals surface area contributed by atoms with E-state index in [1.54, 1.807) is 11.0 Å². The van der Waals surface area contributed by atoms with Crippen LogP contribution in [0.1, 0.15) is 51.5 Å². The summed E-state index contributed by atoms with van der Waals surface area (Å²) >= 11 is 0. The third-order valence-electron chi connectivity index (χ3n) is 4.48. The molecule has 1 aromatic carbocycles. The number of Topliss-reactive ketones (excluding diaryl/α,β-unsaturated/α-hetero) is 1. The molecule has 0 radical (unpaired) electrons. The van der Waals surface area contributed by atoms with Crippen LogP contribution >= 0.6 is 0 Å². The minimum atomic E-state index is -0.144. The predicted molar refractivity (Wildman–Crippen MR) is 82.4 cm³/mol. The fourth-order valence-electron chi connectivity index (χ4n) is 3.38. The third kappa shape index (κ3) is 2.06. The van der Waals surface area contributed by atoms with Crippen molar-refractivity contribution in [2.24, 2.45) is 0 Å². The van der Waals surface area contributed by atoms with Crippen molar-refractivity contribution in [3.63, 3.8) is 0 Å². The first-order chi connectivity index (χ1) is 10.7. The highest BCUT2D eigenvalue weighted by atomic mass is 16.4. The Morgan fingerprint density at radius 3 is 2.82 bits per heavy atom. The molecule has 0 atom stereocenters. The van der Waals surface area contributed by atoms with Crippen molar-refractivity contribution in [1.29, 1.82) is 0 Å². The fraction of sp³-hybridized carbons (Fsp3) is 0.333. The molecule has 22 heavy (non-hydrogen) atoms. The Morgan fingerprint density at radius 1 is 1.09 bits per heavy atom. The molecule has 1 aromatic heterocycles. The number of hydrogen-bond acceptors (Lipinski definition) is 3. The molecule has 4 heteroatoms. The lowest BCUT2D eigenvalue weighted by molar-refractivity contribution is 0.0947. The van der Waals surface area contributed by atoms with Crippen LogP contribution in [0.3, 0.4) is 0 Å². The number of ketones is 1. The summed E-state index contributed by atoms with van der Waals surface area (Å²) in [5, 5.41) is 0. The highest BCUT2D eigenvalue weighted by Crippen LogP contribution is 2.30. The zero-order chi connectivity index (χ0) is 15.1. The molecule has 0 bridgehead atoms. The number of anilines is 1. The lowest BCUT2D eigenvalue weighted by Gasteiger charge is -2.28. The molecule has 4 rings (SSSR count). The van der Waals surface area contributed by atoms with Gasteiger partial charge in [0.25, 0.3) is 5.91 Å². The average Bonchev–Trinajstić information content (AvgIpc) is 2.99. The second-order valence-corrected chi connectivity index (χ2v) is 5.91. The van der Waals surface area contributed by atoms with E-state index in [0.717, 1.165) is 31.4 Å². The summed E-state index contributed by atoms with van der Waals surface area (Å²) in [6, 6.07) is 9.61. The molecule has 2 aliphatic rings. The van der Waals surface area contributed by atoms with E-state index in [1.165, 1.54) is 5.56 Å². The molecular weight excluding hydrogens is 278 g/mol. The van der Waals surface area contributed by atoms with E-state index >= 15 is 0 Å². The largest absolute Gasteiger partial charge is 0.455 e. The lowest BCUT2D eigenvalue weighted by Crippen LogP contribution is -2.35. The number of para-hydroxylation sites is 1. The Kier molecular flexibility index (Phi) is 3.10. The van der Waals surface area contributed by atoms with Crippen molar-refractivity contribution in [3.8, 4) is 0 Å². The lowest BCUT2D eigenvalue weighted by atomic mass is 9.97. The molecule has 2 heterocycles. The van der Waals surface area contributed by atoms with E-state index in [-0.39, 0.29) is 17.5 Å². The van der Waals surface area contributed by atoms with Gasteiger partial charge in [-0.1, -0.05) is 18.2 Å². The second-order valence-electron chi connectivity index (χ2n) is 5.91. The Morgan fingerprint density at radius 2 is 1.95 bits per heavy atom. The smallest absolute Gasteiger partial charge is 0.294 e. The number of furan rings is 1. The molecule has 2 aromatic rings. The molecule has 1 aliphatic heterocycles. The topological polar surface area (TPSA) is 50.5 Å². The quantitative estimate of drug-likeness (QED) is 0.810. The van der Waals surface area contributed by atoms with Crippen LogP contribution in [0.4, 0.5) is 5.69 Å². The number of rotatable bonds is 1. The number of carbonyl (C=O) groups is 2. The summed E-state index contributed by atoms with van der Waals surface area (Å²) in [7, 11) is 0. The van der Waals surface area contributed by atoms with Crippen LogP contribution in [0, 0.1) is 0 Å². The number of nitrogens with zero attached hydrogens (tertiary/aromatic N) is 1. The Hall–Kier alpha value is -2.36. The van der Waals surface area contributed by atoms with Gasteiger partial charge in [-0.3, -0.25) is 9.59 Å². The van der Waals surface area contributed by atoms with Crippen molar-refractivity contribution in [3.05, 3.63) is 53.0 Å². The van der Waals surface area contributed by atoms with E-state index in [4.69, 9.17) is 4.42 Å². The molecule has 0 saturated heterocycles. The van der Waals surface area contributed by atoms with Crippen LogP contribution < -0.4 is 4.90 Å². The molecule has 1 aliphatic carbocycles. The summed E-state index contributed by atoms with van der Waals surface area (Å²) in [5.41, 5.74) is 2.74. The number of fused-ring (bicyclic) bond motifs is 2. The van der Waals surface area contributed by atoms with Gasteiger partial charge in [0, 0.05) is 31.1 Å². The number of carbonyl (C=O) groups excluding carboxylic acids is 2. The van der Waals surface area contributed by atoms with E-state index < -0.39 is 0 Å². The summed E-state index contributed by atoms with van der Waals surface area (Å²) in [5.74, 6) is 0.902. The Bertz CT molecular complexity index is 759. The van der Waals surface area contributed by atoms with Gasteiger partial charge < -0.3 is 9.32 Å². The maximum absolute atomic E-state index is 12.8. The molecule has 0 N–H and O–H groups in total. The van der Waals surface area contributed by atoms with Gasteiger partial charge in [0.1, 0.15) is 5.76 Å². The number of hydrogen-bond donors (Lipinski definition) is 0. The van der Waals surface area contributed by atoms with Gasteiger partial charge in [0.15, 0.2) is 11.5 Å². The summed E-state index contributed by atoms with van der Waals surface area (Å²) in [6.07, 6.45) is 4.03. The Labute approximate surface area is 128 Å². The van der Waals surface area contributed by atoms with Gasteiger partial charge in [0.2, 0.25) is 0 Å². The van der Waals surface area contributed by atoms with Crippen LogP contribution in [0.15, 0.2) is 34.7 Å². The van der Waals surface area contributed by atoms with Gasteiger partial charge in [-0.15, -0.1) is 0 Å². The van der Waals surface area contributed by atoms with Gasteiger partial charge >= 0.3 is 0 Å². The highest BCUT2D eigenvalue weighted by Gasteiger charge is 2.29. The molecule has 4 nitrogen and oxygen atoms in total. The standard InChI is InChI=1S/C18H17NO3/c20-15-8-3-9-16-13(15)11-17(22-16)18(21)19-10-4-6-12-5-1-2-7-14(12)19/h1-2,5,7,11H,3-4,6,8-10H2. The van der Waals surface area contributed by atoms with Gasteiger partial charge in [-0.2, -0.15) is 0 Å². The Balaban J connectivity index is 1.70. The predicted octanol–water partition coefficient (Wildman–Crippen LogP) is 3.39. The van der Waals surface area contributed by atoms with Crippen LogP contribution in [-0.4, -0.2) is 18.2 Å². The molecule has 112 valence electrons. The minimum absolute atomic E-state index is 0.0862. The van der Waals surface area contributed by atoms with Gasteiger partial charge in [-0.25, -0.2) is 0 Å². The fourth-order valence-corrected chi connectivity index (χ4v) is 3.38. The zero-order valence-electron chi connectivity index (χ0n) is 12.3. The highest BCUT2D eigenvalue weighted by molar-refractivity contribution is 6.07. The van der Waals surface area contributed by atoms with Crippen molar-refractivity contribution in [1.82, 2.24) is 0 Å². The van der Waals surface area contributed by atoms with E-state index in [1.807, 2.05) is 18.2 Å². The second kappa shape index (κ2) is 5.13. The van der Waals surface area contributed by atoms with Crippen molar-refractivity contribution in [2.45, 2.75) is 32.1 Å². The maximum atomic E-state index is 12.8. The normalized spacial score (nSPS) is 17.1. The van der Waals surface area contributed by atoms with E-state index in [0.29, 0.717) is 24.3 Å². The summed E-state index contributed by atoms with van der Waals surface area (Å²) in [6.45, 7) is 0.690. The maximum Gasteiger partial charge on any atom is 0.294 e. The molecular formula is C18H17NO3. The number of amides is 1. The monoisotopic (exact) mass is 295 g/mol. The van der Waals surface area contributed by atoms with E-state index in [2.05, 4.69) is 6.07 Å². The van der Waals surface area contributed by atoms with Gasteiger partial charge in [-0.05, 0) is 30.9 Å².